The van der Waals surface area contributed by atoms with Crippen LogP contribution < -0.4 is 5.32 Å². The zero-order valence-electron chi connectivity index (χ0n) is 8.08. The molecule has 0 radical (unpaired) electrons. The van der Waals surface area contributed by atoms with E-state index in [2.05, 4.69) is 5.32 Å². The first-order chi connectivity index (χ1) is 7.15. The van der Waals surface area contributed by atoms with Crippen LogP contribution in [0.15, 0.2) is 18.2 Å². The first-order valence-corrected chi connectivity index (χ1v) is 4.46. The van der Waals surface area contributed by atoms with Crippen LogP contribution in [0.5, 0.6) is 0 Å². The number of hydrogen-bond acceptors (Lipinski definition) is 2. The molecule has 1 heterocycles. The summed E-state index contributed by atoms with van der Waals surface area (Å²) in [5.74, 6) is -1.16. The van der Waals surface area contributed by atoms with Crippen LogP contribution in [0.4, 0.5) is 9.18 Å². The molecule has 78 valence electrons. The van der Waals surface area contributed by atoms with Crippen molar-refractivity contribution in [2.45, 2.75) is 6.54 Å². The van der Waals surface area contributed by atoms with Crippen LogP contribution in [0.1, 0.15) is 15.9 Å². The maximum atomic E-state index is 13.3. The van der Waals surface area contributed by atoms with E-state index in [0.717, 1.165) is 4.90 Å². The molecule has 0 saturated heterocycles. The Balaban J connectivity index is 2.42. The summed E-state index contributed by atoms with van der Waals surface area (Å²) in [5, 5.41) is 2.34. The SMILES string of the molecule is CNC(=O)N1Cc2cccc(F)c2C1=O. The summed E-state index contributed by atoms with van der Waals surface area (Å²) in [5.41, 5.74) is 0.546. The van der Waals surface area contributed by atoms with Gasteiger partial charge in [-0.15, -0.1) is 0 Å². The van der Waals surface area contributed by atoms with Gasteiger partial charge in [-0.1, -0.05) is 12.1 Å². The summed E-state index contributed by atoms with van der Waals surface area (Å²) in [6.45, 7) is 0.131. The molecule has 0 bridgehead atoms. The molecule has 1 N–H and O–H groups in total. The van der Waals surface area contributed by atoms with Crippen LogP contribution in [0.3, 0.4) is 0 Å². The zero-order chi connectivity index (χ0) is 11.0. The van der Waals surface area contributed by atoms with Crippen molar-refractivity contribution in [1.82, 2.24) is 10.2 Å². The molecule has 0 atom stereocenters. The van der Waals surface area contributed by atoms with Gasteiger partial charge in [0.25, 0.3) is 5.91 Å². The molecular weight excluding hydrogens is 199 g/mol. The van der Waals surface area contributed by atoms with E-state index in [9.17, 15) is 14.0 Å². The first-order valence-electron chi connectivity index (χ1n) is 4.46. The quantitative estimate of drug-likeness (QED) is 0.694. The van der Waals surface area contributed by atoms with Gasteiger partial charge in [-0.3, -0.25) is 9.69 Å². The Morgan fingerprint density at radius 2 is 2.27 bits per heavy atom. The second-order valence-electron chi connectivity index (χ2n) is 3.22. The summed E-state index contributed by atoms with van der Waals surface area (Å²) < 4.78 is 13.3. The van der Waals surface area contributed by atoms with Crippen LogP contribution in [0.2, 0.25) is 0 Å². The average Bonchev–Trinajstić information content (AvgIpc) is 2.56. The van der Waals surface area contributed by atoms with Crippen molar-refractivity contribution in [2.24, 2.45) is 0 Å². The molecule has 5 heteroatoms. The normalized spacial score (nSPS) is 14.0. The molecule has 0 spiro atoms. The van der Waals surface area contributed by atoms with E-state index in [-0.39, 0.29) is 12.1 Å². The maximum absolute atomic E-state index is 13.3. The largest absolute Gasteiger partial charge is 0.341 e. The minimum absolute atomic E-state index is 0.00102. The molecular formula is C10H9FN2O2. The fraction of sp³-hybridized carbons (Fsp3) is 0.200. The smallest absolute Gasteiger partial charge is 0.324 e. The van der Waals surface area contributed by atoms with E-state index in [1.165, 1.54) is 19.2 Å². The minimum atomic E-state index is -0.581. The van der Waals surface area contributed by atoms with E-state index in [1.54, 1.807) is 6.07 Å². The predicted octanol–water partition coefficient (Wildman–Crippen LogP) is 1.12. The number of amides is 3. The Morgan fingerprint density at radius 1 is 1.53 bits per heavy atom. The predicted molar refractivity (Wildman–Crippen MR) is 50.7 cm³/mol. The minimum Gasteiger partial charge on any atom is -0.341 e. The molecule has 0 saturated carbocycles. The number of nitrogens with one attached hydrogen (secondary N) is 1. The van der Waals surface area contributed by atoms with E-state index in [0.29, 0.717) is 5.56 Å². The van der Waals surface area contributed by atoms with Gasteiger partial charge in [0, 0.05) is 7.05 Å². The van der Waals surface area contributed by atoms with Crippen molar-refractivity contribution in [3.63, 3.8) is 0 Å². The molecule has 3 amide bonds. The van der Waals surface area contributed by atoms with E-state index >= 15 is 0 Å². The molecule has 0 fully saturated rings. The number of nitrogens with zero attached hydrogens (tertiary/aromatic N) is 1. The van der Waals surface area contributed by atoms with Crippen LogP contribution in [0, 0.1) is 5.82 Å². The topological polar surface area (TPSA) is 49.4 Å². The number of fused-ring (bicyclic) bond motifs is 1. The standard InChI is InChI=1S/C10H9FN2O2/c1-12-10(15)13-5-6-3-2-4-7(11)8(6)9(13)14/h2-4H,5H2,1H3,(H,12,15). The van der Waals surface area contributed by atoms with Crippen molar-refractivity contribution in [1.29, 1.82) is 0 Å². The lowest BCUT2D eigenvalue weighted by Gasteiger charge is -2.11. The van der Waals surface area contributed by atoms with Gasteiger partial charge in [-0.25, -0.2) is 9.18 Å². The van der Waals surface area contributed by atoms with E-state index in [4.69, 9.17) is 0 Å². The number of halogens is 1. The van der Waals surface area contributed by atoms with Gasteiger partial charge in [0.05, 0.1) is 12.1 Å². The molecule has 1 aromatic rings. The highest BCUT2D eigenvalue weighted by atomic mass is 19.1. The number of carbonyl (C=O) groups is 2. The maximum Gasteiger partial charge on any atom is 0.324 e. The highest BCUT2D eigenvalue weighted by Crippen LogP contribution is 2.24. The van der Waals surface area contributed by atoms with Gasteiger partial charge in [-0.05, 0) is 11.6 Å². The Kier molecular flexibility index (Phi) is 2.15. The highest BCUT2D eigenvalue weighted by molar-refractivity contribution is 6.07. The Hall–Kier alpha value is -1.91. The van der Waals surface area contributed by atoms with E-state index in [1.807, 2.05) is 0 Å². The fourth-order valence-electron chi connectivity index (χ4n) is 1.62. The lowest BCUT2D eigenvalue weighted by molar-refractivity contribution is 0.0819. The number of rotatable bonds is 0. The van der Waals surface area contributed by atoms with Crippen LogP contribution >= 0.6 is 0 Å². The molecule has 15 heavy (non-hydrogen) atoms. The Labute approximate surface area is 85.7 Å². The van der Waals surface area contributed by atoms with Gasteiger partial charge in [0.2, 0.25) is 0 Å². The van der Waals surface area contributed by atoms with E-state index < -0.39 is 17.8 Å². The number of hydrogen-bond donors (Lipinski definition) is 1. The number of benzene rings is 1. The zero-order valence-corrected chi connectivity index (χ0v) is 8.08. The second-order valence-corrected chi connectivity index (χ2v) is 3.22. The first kappa shape index (κ1) is 9.64. The molecule has 1 aliphatic heterocycles. The molecule has 2 rings (SSSR count). The van der Waals surface area contributed by atoms with Crippen LogP contribution in [0.25, 0.3) is 0 Å². The second kappa shape index (κ2) is 3.34. The number of imide groups is 1. The summed E-state index contributed by atoms with van der Waals surface area (Å²) >= 11 is 0. The monoisotopic (exact) mass is 208 g/mol. The molecule has 4 nitrogen and oxygen atoms in total. The average molecular weight is 208 g/mol. The third-order valence-corrected chi connectivity index (χ3v) is 2.35. The number of urea groups is 1. The highest BCUT2D eigenvalue weighted by Gasteiger charge is 2.33. The third-order valence-electron chi connectivity index (χ3n) is 2.35. The molecule has 1 aromatic carbocycles. The summed E-state index contributed by atoms with van der Waals surface area (Å²) in [4.78, 5) is 23.9. The lowest BCUT2D eigenvalue weighted by Crippen LogP contribution is -2.38. The van der Waals surface area contributed by atoms with Gasteiger partial charge in [0.15, 0.2) is 0 Å². The fourth-order valence-corrected chi connectivity index (χ4v) is 1.62. The molecule has 0 aromatic heterocycles. The van der Waals surface area contributed by atoms with Crippen molar-refractivity contribution in [3.05, 3.63) is 35.1 Å². The van der Waals surface area contributed by atoms with Gasteiger partial charge in [0.1, 0.15) is 5.82 Å². The summed E-state index contributed by atoms with van der Waals surface area (Å²) in [7, 11) is 1.43. The van der Waals surface area contributed by atoms with Gasteiger partial charge >= 0.3 is 6.03 Å². The molecule has 0 aliphatic carbocycles. The van der Waals surface area contributed by atoms with Crippen molar-refractivity contribution in [2.75, 3.05) is 7.05 Å². The summed E-state index contributed by atoms with van der Waals surface area (Å²) in [6, 6.07) is 3.86. The Morgan fingerprint density at radius 3 is 2.87 bits per heavy atom. The van der Waals surface area contributed by atoms with Gasteiger partial charge < -0.3 is 5.32 Å². The Bertz CT molecular complexity index is 445. The van der Waals surface area contributed by atoms with Crippen LogP contribution in [-0.2, 0) is 6.54 Å². The molecule has 1 aliphatic rings. The lowest BCUT2D eigenvalue weighted by atomic mass is 10.1. The van der Waals surface area contributed by atoms with Crippen molar-refractivity contribution in [3.8, 4) is 0 Å². The number of carbonyl (C=O) groups excluding carboxylic acids is 2. The summed E-state index contributed by atoms with van der Waals surface area (Å²) in [6.07, 6.45) is 0. The van der Waals surface area contributed by atoms with Gasteiger partial charge in [-0.2, -0.15) is 0 Å². The van der Waals surface area contributed by atoms with Crippen molar-refractivity contribution >= 4 is 11.9 Å². The van der Waals surface area contributed by atoms with Crippen LogP contribution in [-0.4, -0.2) is 23.9 Å². The molecule has 0 unspecified atom stereocenters. The van der Waals surface area contributed by atoms with Crippen molar-refractivity contribution < 1.29 is 14.0 Å². The third kappa shape index (κ3) is 1.36.